The highest BCUT2D eigenvalue weighted by Crippen LogP contribution is 2.28. The summed E-state index contributed by atoms with van der Waals surface area (Å²) >= 11 is 0. The molecule has 88 valence electrons. The molecule has 0 aromatic carbocycles. The Morgan fingerprint density at radius 1 is 1.53 bits per heavy atom. The minimum absolute atomic E-state index is 0.0253. The topological polar surface area (TPSA) is 29.5 Å². The minimum atomic E-state index is -0.0253. The number of piperidine rings is 1. The third-order valence-electron chi connectivity index (χ3n) is 3.39. The van der Waals surface area contributed by atoms with Crippen LogP contribution in [0.5, 0.6) is 0 Å². The molecule has 0 radical (unpaired) electrons. The Morgan fingerprint density at radius 2 is 2.27 bits per heavy atom. The average molecular weight is 213 g/mol. The summed E-state index contributed by atoms with van der Waals surface area (Å²) in [4.78, 5) is 13.9. The Balaban J connectivity index is 2.53. The molecule has 0 aromatic rings. The minimum Gasteiger partial charge on any atom is -0.469 e. The first-order chi connectivity index (χ1) is 7.19. The molecule has 0 spiro atoms. The van der Waals surface area contributed by atoms with Crippen molar-refractivity contribution < 1.29 is 9.53 Å². The van der Waals surface area contributed by atoms with Gasteiger partial charge in [0.05, 0.1) is 13.0 Å². The van der Waals surface area contributed by atoms with Crippen molar-refractivity contribution in [2.24, 2.45) is 11.8 Å². The first-order valence-corrected chi connectivity index (χ1v) is 5.95. The molecular weight excluding hydrogens is 190 g/mol. The Bertz CT molecular complexity index is 204. The summed E-state index contributed by atoms with van der Waals surface area (Å²) in [5.41, 5.74) is 0. The maximum atomic E-state index is 11.6. The van der Waals surface area contributed by atoms with Gasteiger partial charge in [0, 0.05) is 6.54 Å². The van der Waals surface area contributed by atoms with Crippen molar-refractivity contribution in [3.8, 4) is 0 Å². The first-order valence-electron chi connectivity index (χ1n) is 5.95. The summed E-state index contributed by atoms with van der Waals surface area (Å²) in [7, 11) is 3.57. The van der Waals surface area contributed by atoms with Gasteiger partial charge in [-0.05, 0) is 32.4 Å². The van der Waals surface area contributed by atoms with Crippen LogP contribution < -0.4 is 0 Å². The molecule has 2 atom stereocenters. The van der Waals surface area contributed by atoms with Crippen LogP contribution in [0.2, 0.25) is 0 Å². The van der Waals surface area contributed by atoms with Gasteiger partial charge in [-0.15, -0.1) is 0 Å². The smallest absolute Gasteiger partial charge is 0.310 e. The van der Waals surface area contributed by atoms with Crippen LogP contribution in [0.1, 0.15) is 32.6 Å². The van der Waals surface area contributed by atoms with E-state index in [2.05, 4.69) is 18.9 Å². The number of hydrogen-bond acceptors (Lipinski definition) is 3. The monoisotopic (exact) mass is 213 g/mol. The molecule has 3 heteroatoms. The van der Waals surface area contributed by atoms with Gasteiger partial charge in [0.15, 0.2) is 0 Å². The summed E-state index contributed by atoms with van der Waals surface area (Å²) in [6, 6.07) is 0. The standard InChI is InChI=1S/C12H23NO2/c1-4-5-6-10-7-8-13(2)9-11(10)12(14)15-3/h10-11H,4-9H2,1-3H3/t10-,11+/m1/s1. The maximum Gasteiger partial charge on any atom is 0.310 e. The fraction of sp³-hybridized carbons (Fsp3) is 0.917. The molecule has 1 fully saturated rings. The summed E-state index contributed by atoms with van der Waals surface area (Å²) in [5, 5.41) is 0. The van der Waals surface area contributed by atoms with E-state index in [1.165, 1.54) is 26.4 Å². The summed E-state index contributed by atoms with van der Waals surface area (Å²) in [6.45, 7) is 4.17. The van der Waals surface area contributed by atoms with Crippen LogP contribution in [0.25, 0.3) is 0 Å². The predicted molar refractivity (Wildman–Crippen MR) is 60.6 cm³/mol. The molecule has 0 unspecified atom stereocenters. The second-order valence-electron chi connectivity index (χ2n) is 4.58. The molecule has 1 rings (SSSR count). The zero-order valence-corrected chi connectivity index (χ0v) is 10.2. The van der Waals surface area contributed by atoms with E-state index in [1.807, 2.05) is 0 Å². The van der Waals surface area contributed by atoms with Gasteiger partial charge >= 0.3 is 5.97 Å². The highest BCUT2D eigenvalue weighted by Gasteiger charge is 2.33. The average Bonchev–Trinajstić information content (AvgIpc) is 2.26. The SMILES string of the molecule is CCCC[C@@H]1CCN(C)C[C@@H]1C(=O)OC. The van der Waals surface area contributed by atoms with Crippen LogP contribution in [-0.2, 0) is 9.53 Å². The Hall–Kier alpha value is -0.570. The van der Waals surface area contributed by atoms with Gasteiger partial charge < -0.3 is 9.64 Å². The molecule has 1 aliphatic heterocycles. The highest BCUT2D eigenvalue weighted by molar-refractivity contribution is 5.73. The van der Waals surface area contributed by atoms with Crippen molar-refractivity contribution in [3.63, 3.8) is 0 Å². The third-order valence-corrected chi connectivity index (χ3v) is 3.39. The number of esters is 1. The summed E-state index contributed by atoms with van der Waals surface area (Å²) < 4.78 is 4.88. The molecule has 0 N–H and O–H groups in total. The number of nitrogens with zero attached hydrogens (tertiary/aromatic N) is 1. The summed E-state index contributed by atoms with van der Waals surface area (Å²) in [5.74, 6) is 0.608. The van der Waals surface area contributed by atoms with E-state index in [9.17, 15) is 4.79 Å². The van der Waals surface area contributed by atoms with E-state index in [1.54, 1.807) is 0 Å². The third kappa shape index (κ3) is 3.49. The largest absolute Gasteiger partial charge is 0.469 e. The number of hydrogen-bond donors (Lipinski definition) is 0. The van der Waals surface area contributed by atoms with Gasteiger partial charge in [0.2, 0.25) is 0 Å². The van der Waals surface area contributed by atoms with Gasteiger partial charge in [-0.25, -0.2) is 0 Å². The van der Waals surface area contributed by atoms with Crippen molar-refractivity contribution in [1.82, 2.24) is 4.90 Å². The molecule has 1 heterocycles. The predicted octanol–water partition coefficient (Wildman–Crippen LogP) is 1.92. The molecule has 1 aliphatic rings. The van der Waals surface area contributed by atoms with Gasteiger partial charge in [-0.2, -0.15) is 0 Å². The number of methoxy groups -OCH3 is 1. The Kier molecular flexibility index (Phi) is 5.09. The number of ether oxygens (including phenoxy) is 1. The van der Waals surface area contributed by atoms with Crippen molar-refractivity contribution in [1.29, 1.82) is 0 Å². The number of rotatable bonds is 4. The molecule has 0 bridgehead atoms. The van der Waals surface area contributed by atoms with E-state index in [4.69, 9.17) is 4.74 Å². The summed E-state index contributed by atoms with van der Waals surface area (Å²) in [6.07, 6.45) is 4.74. The van der Waals surface area contributed by atoms with E-state index in [0.29, 0.717) is 5.92 Å². The van der Waals surface area contributed by atoms with Crippen molar-refractivity contribution >= 4 is 5.97 Å². The molecule has 0 amide bonds. The van der Waals surface area contributed by atoms with Crippen LogP contribution in [0.15, 0.2) is 0 Å². The van der Waals surface area contributed by atoms with Crippen molar-refractivity contribution in [2.75, 3.05) is 27.2 Å². The van der Waals surface area contributed by atoms with Crippen molar-refractivity contribution in [2.45, 2.75) is 32.6 Å². The van der Waals surface area contributed by atoms with E-state index in [0.717, 1.165) is 19.5 Å². The molecule has 0 saturated carbocycles. The molecule has 3 nitrogen and oxygen atoms in total. The zero-order chi connectivity index (χ0) is 11.3. The van der Waals surface area contributed by atoms with Gasteiger partial charge in [-0.3, -0.25) is 4.79 Å². The normalized spacial score (nSPS) is 27.7. The zero-order valence-electron chi connectivity index (χ0n) is 10.2. The number of carbonyl (C=O) groups is 1. The van der Waals surface area contributed by atoms with E-state index >= 15 is 0 Å². The second kappa shape index (κ2) is 6.11. The van der Waals surface area contributed by atoms with Gasteiger partial charge in [0.25, 0.3) is 0 Å². The lowest BCUT2D eigenvalue weighted by Gasteiger charge is -2.35. The molecule has 0 aromatic heterocycles. The maximum absolute atomic E-state index is 11.6. The van der Waals surface area contributed by atoms with Gasteiger partial charge in [0.1, 0.15) is 0 Å². The second-order valence-corrected chi connectivity index (χ2v) is 4.58. The molecule has 15 heavy (non-hydrogen) atoms. The molecule has 0 aliphatic carbocycles. The van der Waals surface area contributed by atoms with Crippen LogP contribution in [0.4, 0.5) is 0 Å². The van der Waals surface area contributed by atoms with Gasteiger partial charge in [-0.1, -0.05) is 19.8 Å². The Labute approximate surface area is 92.8 Å². The Morgan fingerprint density at radius 3 is 2.87 bits per heavy atom. The fourth-order valence-corrected chi connectivity index (χ4v) is 2.39. The number of carbonyl (C=O) groups excluding carboxylic acids is 1. The van der Waals surface area contributed by atoms with Crippen LogP contribution in [-0.4, -0.2) is 38.1 Å². The van der Waals surface area contributed by atoms with Crippen molar-refractivity contribution in [3.05, 3.63) is 0 Å². The lowest BCUT2D eigenvalue weighted by Crippen LogP contribution is -2.42. The molecular formula is C12H23NO2. The van der Waals surface area contributed by atoms with Crippen LogP contribution in [0, 0.1) is 11.8 Å². The fourth-order valence-electron chi connectivity index (χ4n) is 2.39. The highest BCUT2D eigenvalue weighted by atomic mass is 16.5. The molecule has 1 saturated heterocycles. The van der Waals surface area contributed by atoms with Crippen LogP contribution >= 0.6 is 0 Å². The van der Waals surface area contributed by atoms with Crippen LogP contribution in [0.3, 0.4) is 0 Å². The lowest BCUT2D eigenvalue weighted by molar-refractivity contribution is -0.149. The quantitative estimate of drug-likeness (QED) is 0.668. The number of likely N-dealkylation sites (tertiary alicyclic amines) is 1. The van der Waals surface area contributed by atoms with E-state index < -0.39 is 0 Å². The lowest BCUT2D eigenvalue weighted by atomic mass is 9.82. The van der Waals surface area contributed by atoms with E-state index in [-0.39, 0.29) is 11.9 Å². The first kappa shape index (κ1) is 12.5. The number of unbranched alkanes of at least 4 members (excludes halogenated alkanes) is 1.